The molecule has 0 bridgehead atoms. The number of nitrogens with zero attached hydrogens (tertiary/aromatic N) is 2. The Kier molecular flexibility index (Phi) is 4.10. The Balaban J connectivity index is 1.60. The summed E-state index contributed by atoms with van der Waals surface area (Å²) in [5.41, 5.74) is 2.32. The van der Waals surface area contributed by atoms with E-state index in [1.165, 1.54) is 5.56 Å². The predicted molar refractivity (Wildman–Crippen MR) is 80.7 cm³/mol. The Morgan fingerprint density at radius 1 is 1.33 bits per heavy atom. The maximum Gasteiger partial charge on any atom is 0.165 e. The Hall–Kier alpha value is -2.01. The highest BCUT2D eigenvalue weighted by molar-refractivity contribution is 5.47. The fourth-order valence-corrected chi connectivity index (χ4v) is 2.47. The van der Waals surface area contributed by atoms with Crippen LogP contribution in [0.3, 0.4) is 0 Å². The number of aryl methyl sites for hydroxylation is 1. The number of nitrogens with one attached hydrogen (secondary N) is 1. The van der Waals surface area contributed by atoms with Gasteiger partial charge in [0.1, 0.15) is 13.2 Å². The first-order valence-corrected chi connectivity index (χ1v) is 7.32. The molecule has 1 aliphatic heterocycles. The molecule has 1 aliphatic rings. The summed E-state index contributed by atoms with van der Waals surface area (Å²) in [5, 5.41) is 7.82. The van der Waals surface area contributed by atoms with Crippen molar-refractivity contribution in [2.45, 2.75) is 33.0 Å². The molecule has 1 atom stereocenters. The van der Waals surface area contributed by atoms with E-state index in [1.807, 2.05) is 23.0 Å². The highest BCUT2D eigenvalue weighted by Gasteiger charge is 2.15. The second kappa shape index (κ2) is 6.18. The SMILES string of the molecule is Cc1cnn(C[C@H](C)NCc2cccc3c2OCCO3)c1. The van der Waals surface area contributed by atoms with Crippen LogP contribution in [0.5, 0.6) is 11.5 Å². The van der Waals surface area contributed by atoms with Crippen molar-refractivity contribution in [1.82, 2.24) is 15.1 Å². The summed E-state index contributed by atoms with van der Waals surface area (Å²) in [5.74, 6) is 1.72. The van der Waals surface area contributed by atoms with Gasteiger partial charge in [-0.15, -0.1) is 0 Å². The minimum atomic E-state index is 0.324. The number of benzene rings is 1. The lowest BCUT2D eigenvalue weighted by Crippen LogP contribution is -2.30. The molecule has 2 aromatic rings. The van der Waals surface area contributed by atoms with Crippen molar-refractivity contribution in [3.63, 3.8) is 0 Å². The Morgan fingerprint density at radius 3 is 3.00 bits per heavy atom. The molecule has 0 spiro atoms. The van der Waals surface area contributed by atoms with E-state index in [4.69, 9.17) is 9.47 Å². The average molecular weight is 287 g/mol. The van der Waals surface area contributed by atoms with Crippen molar-refractivity contribution in [2.75, 3.05) is 13.2 Å². The highest BCUT2D eigenvalue weighted by Crippen LogP contribution is 2.33. The molecule has 5 nitrogen and oxygen atoms in total. The molecule has 5 heteroatoms. The summed E-state index contributed by atoms with van der Waals surface area (Å²) in [7, 11) is 0. The number of hydrogen-bond donors (Lipinski definition) is 1. The third kappa shape index (κ3) is 3.36. The molecule has 0 saturated heterocycles. The molecule has 0 saturated carbocycles. The van der Waals surface area contributed by atoms with E-state index in [0.29, 0.717) is 19.3 Å². The maximum absolute atomic E-state index is 5.73. The zero-order valence-corrected chi connectivity index (χ0v) is 12.5. The molecule has 3 rings (SSSR count). The quantitative estimate of drug-likeness (QED) is 0.915. The fraction of sp³-hybridized carbons (Fsp3) is 0.438. The summed E-state index contributed by atoms with van der Waals surface area (Å²) in [6, 6.07) is 6.36. The molecule has 0 amide bonds. The van der Waals surface area contributed by atoms with Gasteiger partial charge in [0.25, 0.3) is 0 Å². The van der Waals surface area contributed by atoms with Crippen LogP contribution < -0.4 is 14.8 Å². The minimum Gasteiger partial charge on any atom is -0.486 e. The van der Waals surface area contributed by atoms with Gasteiger partial charge in [0.2, 0.25) is 0 Å². The summed E-state index contributed by atoms with van der Waals surface area (Å²) in [6.07, 6.45) is 3.94. The molecule has 1 N–H and O–H groups in total. The number of hydrogen-bond acceptors (Lipinski definition) is 4. The van der Waals surface area contributed by atoms with E-state index in [1.54, 1.807) is 0 Å². The van der Waals surface area contributed by atoms with E-state index in [9.17, 15) is 0 Å². The topological polar surface area (TPSA) is 48.3 Å². The lowest BCUT2D eigenvalue weighted by atomic mass is 10.1. The number of para-hydroxylation sites is 1. The van der Waals surface area contributed by atoms with Crippen LogP contribution in [0.1, 0.15) is 18.1 Å². The third-order valence-electron chi connectivity index (χ3n) is 3.51. The number of rotatable bonds is 5. The van der Waals surface area contributed by atoms with E-state index in [-0.39, 0.29) is 0 Å². The molecular formula is C16H21N3O2. The first-order chi connectivity index (χ1) is 10.2. The third-order valence-corrected chi connectivity index (χ3v) is 3.51. The van der Waals surface area contributed by atoms with Crippen LogP contribution in [0, 0.1) is 6.92 Å². The van der Waals surface area contributed by atoms with Crippen LogP contribution in [0.15, 0.2) is 30.6 Å². The number of fused-ring (bicyclic) bond motifs is 1. The largest absolute Gasteiger partial charge is 0.486 e. The fourth-order valence-electron chi connectivity index (χ4n) is 2.47. The van der Waals surface area contributed by atoms with Crippen LogP contribution in [0.2, 0.25) is 0 Å². The van der Waals surface area contributed by atoms with Gasteiger partial charge in [0.15, 0.2) is 11.5 Å². The van der Waals surface area contributed by atoms with E-state index in [0.717, 1.165) is 30.2 Å². The van der Waals surface area contributed by atoms with Gasteiger partial charge in [0, 0.05) is 24.3 Å². The summed E-state index contributed by atoms with van der Waals surface area (Å²) in [4.78, 5) is 0. The summed E-state index contributed by atoms with van der Waals surface area (Å²) in [6.45, 7) is 7.05. The van der Waals surface area contributed by atoms with E-state index >= 15 is 0 Å². The smallest absolute Gasteiger partial charge is 0.165 e. The van der Waals surface area contributed by atoms with Gasteiger partial charge >= 0.3 is 0 Å². The highest BCUT2D eigenvalue weighted by atomic mass is 16.6. The van der Waals surface area contributed by atoms with Gasteiger partial charge in [0.05, 0.1) is 12.7 Å². The zero-order chi connectivity index (χ0) is 14.7. The van der Waals surface area contributed by atoms with Crippen molar-refractivity contribution in [3.05, 3.63) is 41.7 Å². The first kappa shape index (κ1) is 13.9. The minimum absolute atomic E-state index is 0.324. The normalized spacial score (nSPS) is 15.0. The molecular weight excluding hydrogens is 266 g/mol. The summed E-state index contributed by atoms with van der Waals surface area (Å²) < 4.78 is 13.3. The van der Waals surface area contributed by atoms with Crippen molar-refractivity contribution < 1.29 is 9.47 Å². The van der Waals surface area contributed by atoms with Crippen molar-refractivity contribution >= 4 is 0 Å². The van der Waals surface area contributed by atoms with Crippen LogP contribution in [-0.2, 0) is 13.1 Å². The monoisotopic (exact) mass is 287 g/mol. The molecule has 0 unspecified atom stereocenters. The molecule has 0 fully saturated rings. The van der Waals surface area contributed by atoms with Gasteiger partial charge in [-0.2, -0.15) is 5.10 Å². The Labute approximate surface area is 124 Å². The Bertz CT molecular complexity index is 609. The van der Waals surface area contributed by atoms with Gasteiger partial charge < -0.3 is 14.8 Å². The predicted octanol–water partition coefficient (Wildman–Crippen LogP) is 2.14. The molecule has 0 aliphatic carbocycles. The summed E-state index contributed by atoms with van der Waals surface area (Å²) >= 11 is 0. The van der Waals surface area contributed by atoms with Crippen LogP contribution in [0.4, 0.5) is 0 Å². The van der Waals surface area contributed by atoms with Crippen molar-refractivity contribution in [1.29, 1.82) is 0 Å². The second-order valence-electron chi connectivity index (χ2n) is 5.46. The van der Waals surface area contributed by atoms with Crippen LogP contribution >= 0.6 is 0 Å². The van der Waals surface area contributed by atoms with Gasteiger partial charge in [-0.05, 0) is 25.5 Å². The second-order valence-corrected chi connectivity index (χ2v) is 5.46. The van der Waals surface area contributed by atoms with Crippen molar-refractivity contribution in [3.8, 4) is 11.5 Å². The van der Waals surface area contributed by atoms with Crippen LogP contribution in [-0.4, -0.2) is 29.0 Å². The average Bonchev–Trinajstić information content (AvgIpc) is 2.90. The lowest BCUT2D eigenvalue weighted by molar-refractivity contribution is 0.169. The first-order valence-electron chi connectivity index (χ1n) is 7.32. The lowest BCUT2D eigenvalue weighted by Gasteiger charge is -2.22. The van der Waals surface area contributed by atoms with E-state index < -0.39 is 0 Å². The van der Waals surface area contributed by atoms with Crippen LogP contribution in [0.25, 0.3) is 0 Å². The van der Waals surface area contributed by atoms with Crippen molar-refractivity contribution in [2.24, 2.45) is 0 Å². The molecule has 21 heavy (non-hydrogen) atoms. The van der Waals surface area contributed by atoms with Gasteiger partial charge in [-0.25, -0.2) is 0 Å². The molecule has 2 heterocycles. The van der Waals surface area contributed by atoms with Gasteiger partial charge in [-0.3, -0.25) is 4.68 Å². The standard InChI is InChI=1S/C16H21N3O2/c1-12-8-18-19(10-12)11-13(2)17-9-14-4-3-5-15-16(14)21-7-6-20-15/h3-5,8,10,13,17H,6-7,9,11H2,1-2H3/t13-/m0/s1. The van der Waals surface area contributed by atoms with E-state index in [2.05, 4.69) is 36.5 Å². The molecule has 0 radical (unpaired) electrons. The molecule has 1 aromatic carbocycles. The maximum atomic E-state index is 5.73. The number of ether oxygens (including phenoxy) is 2. The van der Waals surface area contributed by atoms with Gasteiger partial charge in [-0.1, -0.05) is 12.1 Å². The Morgan fingerprint density at radius 2 is 2.19 bits per heavy atom. The molecule has 112 valence electrons. The molecule has 1 aromatic heterocycles. The number of aromatic nitrogens is 2. The zero-order valence-electron chi connectivity index (χ0n) is 12.5.